The van der Waals surface area contributed by atoms with Crippen molar-refractivity contribution >= 4 is 33.2 Å². The van der Waals surface area contributed by atoms with Crippen LogP contribution in [0.1, 0.15) is 41.9 Å². The van der Waals surface area contributed by atoms with Crippen molar-refractivity contribution < 1.29 is 14.3 Å². The Labute approximate surface area is 179 Å². The Balaban J connectivity index is 1.58. The molecule has 5 nitrogen and oxygen atoms in total. The summed E-state index contributed by atoms with van der Waals surface area (Å²) in [4.78, 5) is 16.2. The number of nitrogens with zero attached hydrogens (tertiary/aromatic N) is 1. The average Bonchev–Trinajstić information content (AvgIpc) is 3.11. The number of rotatable bonds is 7. The Kier molecular flexibility index (Phi) is 7.37. The lowest BCUT2D eigenvalue weighted by atomic mass is 10.0. The van der Waals surface area contributed by atoms with Gasteiger partial charge in [-0.05, 0) is 73.0 Å². The normalized spacial score (nSPS) is 15.6. The molecule has 1 amide bonds. The van der Waals surface area contributed by atoms with Crippen LogP contribution in [-0.4, -0.2) is 43.1 Å². The van der Waals surface area contributed by atoms with E-state index in [1.807, 2.05) is 12.1 Å². The van der Waals surface area contributed by atoms with Gasteiger partial charge in [-0.2, -0.15) is 0 Å². The van der Waals surface area contributed by atoms with Crippen LogP contribution < -0.4 is 14.8 Å². The molecule has 152 valence electrons. The summed E-state index contributed by atoms with van der Waals surface area (Å²) in [6.07, 6.45) is 1.97. The van der Waals surface area contributed by atoms with Crippen molar-refractivity contribution in [2.24, 2.45) is 0 Å². The average molecular weight is 467 g/mol. The molecule has 28 heavy (non-hydrogen) atoms. The highest BCUT2D eigenvalue weighted by Gasteiger charge is 2.23. The molecule has 0 spiro atoms. The Morgan fingerprint density at radius 3 is 2.61 bits per heavy atom. The fraction of sp³-hybridized carbons (Fsp3) is 0.476. The van der Waals surface area contributed by atoms with E-state index < -0.39 is 0 Å². The smallest absolute Gasteiger partial charge is 0.251 e. The predicted molar refractivity (Wildman–Crippen MR) is 117 cm³/mol. The zero-order valence-electron chi connectivity index (χ0n) is 16.5. The van der Waals surface area contributed by atoms with E-state index in [2.05, 4.69) is 40.0 Å². The molecule has 1 aliphatic heterocycles. The van der Waals surface area contributed by atoms with E-state index >= 15 is 0 Å². The largest absolute Gasteiger partial charge is 0.493 e. The number of methoxy groups -OCH3 is 1. The second kappa shape index (κ2) is 9.76. The first-order valence-electron chi connectivity index (χ1n) is 9.56. The second-order valence-corrected chi connectivity index (χ2v) is 9.79. The van der Waals surface area contributed by atoms with Crippen LogP contribution in [0.15, 0.2) is 34.1 Å². The van der Waals surface area contributed by atoms with Crippen molar-refractivity contribution in [1.82, 2.24) is 10.2 Å². The second-order valence-electron chi connectivity index (χ2n) is 7.24. The predicted octanol–water partition coefficient (Wildman–Crippen LogP) is 4.70. The molecule has 2 heterocycles. The maximum atomic E-state index is 12.7. The summed E-state index contributed by atoms with van der Waals surface area (Å²) in [6, 6.07) is 10.1. The Bertz CT molecular complexity index is 801. The lowest BCUT2D eigenvalue weighted by Crippen LogP contribution is -2.46. The molecule has 1 N–H and O–H groups in total. The number of hydrogen-bond donors (Lipinski definition) is 1. The van der Waals surface area contributed by atoms with Crippen LogP contribution in [0.5, 0.6) is 11.5 Å². The monoisotopic (exact) mass is 466 g/mol. The molecule has 0 atom stereocenters. The van der Waals surface area contributed by atoms with Gasteiger partial charge in [0.1, 0.15) is 6.61 Å². The van der Waals surface area contributed by atoms with Gasteiger partial charge in [0.25, 0.3) is 5.91 Å². The first-order valence-corrected chi connectivity index (χ1v) is 11.2. The number of piperidine rings is 1. The minimum Gasteiger partial charge on any atom is -0.493 e. The van der Waals surface area contributed by atoms with Crippen molar-refractivity contribution in [2.45, 2.75) is 45.4 Å². The lowest BCUT2D eigenvalue weighted by Gasteiger charge is -2.34. The van der Waals surface area contributed by atoms with Crippen LogP contribution >= 0.6 is 27.3 Å². The fourth-order valence-electron chi connectivity index (χ4n) is 3.34. The Morgan fingerprint density at radius 1 is 1.25 bits per heavy atom. The van der Waals surface area contributed by atoms with Crippen molar-refractivity contribution in [1.29, 1.82) is 0 Å². The molecule has 2 aromatic rings. The molecule has 7 heteroatoms. The molecule has 1 aromatic heterocycles. The highest BCUT2D eigenvalue weighted by atomic mass is 79.9. The molecule has 3 rings (SSSR count). The Hall–Kier alpha value is -1.57. The highest BCUT2D eigenvalue weighted by Crippen LogP contribution is 2.30. The molecule has 0 radical (unpaired) electrons. The van der Waals surface area contributed by atoms with E-state index in [0.717, 1.165) is 34.6 Å². The third-order valence-corrected chi connectivity index (χ3v) is 6.62. The van der Waals surface area contributed by atoms with Gasteiger partial charge in [0.2, 0.25) is 0 Å². The van der Waals surface area contributed by atoms with E-state index in [9.17, 15) is 4.79 Å². The first-order chi connectivity index (χ1) is 13.5. The standard InChI is InChI=1S/C21H27BrN2O3S/c1-14(2)24-10-8-16(9-11-24)23-21(25)15-4-6-18(19(12-15)26-3)27-13-17-5-7-20(22)28-17/h4-7,12,14,16H,8-11,13H2,1-3H3,(H,23,25). The lowest BCUT2D eigenvalue weighted by molar-refractivity contribution is 0.0900. The van der Waals surface area contributed by atoms with Crippen molar-refractivity contribution in [3.05, 3.63) is 44.6 Å². The highest BCUT2D eigenvalue weighted by molar-refractivity contribution is 9.11. The molecule has 0 bridgehead atoms. The van der Waals surface area contributed by atoms with E-state index in [1.165, 1.54) is 0 Å². The summed E-state index contributed by atoms with van der Waals surface area (Å²) in [7, 11) is 1.59. The topological polar surface area (TPSA) is 50.8 Å². The zero-order chi connectivity index (χ0) is 20.1. The van der Waals surface area contributed by atoms with Gasteiger partial charge in [0.05, 0.1) is 10.9 Å². The van der Waals surface area contributed by atoms with E-state index in [-0.39, 0.29) is 11.9 Å². The molecule has 1 aromatic carbocycles. The molecule has 0 saturated carbocycles. The van der Waals surface area contributed by atoms with Gasteiger partial charge in [-0.1, -0.05) is 0 Å². The SMILES string of the molecule is COc1cc(C(=O)NC2CCN(C(C)C)CC2)ccc1OCc1ccc(Br)s1. The Morgan fingerprint density at radius 2 is 2.00 bits per heavy atom. The van der Waals surface area contributed by atoms with Gasteiger partial charge in [-0.3, -0.25) is 4.79 Å². The van der Waals surface area contributed by atoms with Gasteiger partial charge in [0.15, 0.2) is 11.5 Å². The van der Waals surface area contributed by atoms with Gasteiger partial charge in [-0.15, -0.1) is 11.3 Å². The van der Waals surface area contributed by atoms with Gasteiger partial charge < -0.3 is 19.7 Å². The summed E-state index contributed by atoms with van der Waals surface area (Å²) in [5.41, 5.74) is 0.592. The van der Waals surface area contributed by atoms with Crippen molar-refractivity contribution in [2.75, 3.05) is 20.2 Å². The minimum atomic E-state index is -0.0602. The summed E-state index contributed by atoms with van der Waals surface area (Å²) in [6.45, 7) is 6.94. The quantitative estimate of drug-likeness (QED) is 0.642. The van der Waals surface area contributed by atoms with Gasteiger partial charge in [0, 0.05) is 35.6 Å². The number of thiophene rings is 1. The molecule has 0 unspecified atom stereocenters. The summed E-state index contributed by atoms with van der Waals surface area (Å²) < 4.78 is 12.4. The summed E-state index contributed by atoms with van der Waals surface area (Å²) in [5.74, 6) is 1.14. The van der Waals surface area contributed by atoms with Crippen LogP contribution in [0.3, 0.4) is 0 Å². The molecule has 1 fully saturated rings. The van der Waals surface area contributed by atoms with Crippen LogP contribution in [0.4, 0.5) is 0 Å². The maximum absolute atomic E-state index is 12.7. The fourth-order valence-corrected chi connectivity index (χ4v) is 4.73. The van der Waals surface area contributed by atoms with E-state index in [0.29, 0.717) is 29.7 Å². The molecule has 0 aliphatic carbocycles. The molecular weight excluding hydrogens is 440 g/mol. The van der Waals surface area contributed by atoms with Crippen LogP contribution in [-0.2, 0) is 6.61 Å². The first kappa shape index (κ1) is 21.1. The molecule has 1 saturated heterocycles. The van der Waals surface area contributed by atoms with E-state index in [1.54, 1.807) is 36.6 Å². The maximum Gasteiger partial charge on any atom is 0.251 e. The van der Waals surface area contributed by atoms with Gasteiger partial charge in [-0.25, -0.2) is 0 Å². The summed E-state index contributed by atoms with van der Waals surface area (Å²) in [5, 5.41) is 3.16. The van der Waals surface area contributed by atoms with Crippen LogP contribution in [0.2, 0.25) is 0 Å². The third-order valence-electron chi connectivity index (χ3n) is 5.02. The van der Waals surface area contributed by atoms with Crippen LogP contribution in [0, 0.1) is 0 Å². The number of benzene rings is 1. The van der Waals surface area contributed by atoms with Crippen molar-refractivity contribution in [3.8, 4) is 11.5 Å². The summed E-state index contributed by atoms with van der Waals surface area (Å²) >= 11 is 5.09. The zero-order valence-corrected chi connectivity index (χ0v) is 18.9. The number of halogens is 1. The molecular formula is C21H27BrN2O3S. The van der Waals surface area contributed by atoms with Crippen molar-refractivity contribution in [3.63, 3.8) is 0 Å². The number of carbonyl (C=O) groups is 1. The number of likely N-dealkylation sites (tertiary alicyclic amines) is 1. The number of hydrogen-bond acceptors (Lipinski definition) is 5. The third kappa shape index (κ3) is 5.49. The van der Waals surface area contributed by atoms with Gasteiger partial charge >= 0.3 is 0 Å². The number of nitrogens with one attached hydrogen (secondary N) is 1. The minimum absolute atomic E-state index is 0.0602. The van der Waals surface area contributed by atoms with E-state index in [4.69, 9.17) is 9.47 Å². The number of carbonyl (C=O) groups excluding carboxylic acids is 1. The van der Waals surface area contributed by atoms with Crippen LogP contribution in [0.25, 0.3) is 0 Å². The number of ether oxygens (including phenoxy) is 2. The molecule has 1 aliphatic rings. The number of amides is 1.